The molecule has 0 aliphatic carbocycles. The number of primary amides is 1. The molecule has 5 heteroatoms. The van der Waals surface area contributed by atoms with Crippen LogP contribution in [0.5, 0.6) is 17.2 Å². The fourth-order valence-electron chi connectivity index (χ4n) is 1.92. The van der Waals surface area contributed by atoms with E-state index >= 15 is 0 Å². The van der Waals surface area contributed by atoms with Crippen LogP contribution in [0.25, 0.3) is 0 Å². The quantitative estimate of drug-likeness (QED) is 0.853. The Bertz CT molecular complexity index is 611. The Morgan fingerprint density at radius 1 is 1.10 bits per heavy atom. The van der Waals surface area contributed by atoms with E-state index < -0.39 is 11.9 Å². The molecule has 0 fully saturated rings. The number of methoxy groups -OCH3 is 1. The SMILES string of the molecule is COc1ccc(Oc2cccc(C(N)CC(N)=O)c2)cc1. The summed E-state index contributed by atoms with van der Waals surface area (Å²) >= 11 is 0. The molecule has 1 unspecified atom stereocenters. The van der Waals surface area contributed by atoms with Gasteiger partial charge < -0.3 is 20.9 Å². The highest BCUT2D eigenvalue weighted by atomic mass is 16.5. The number of hydrogen-bond donors (Lipinski definition) is 2. The van der Waals surface area contributed by atoms with Crippen LogP contribution in [-0.2, 0) is 4.79 Å². The summed E-state index contributed by atoms with van der Waals surface area (Å²) in [5, 5.41) is 0. The Hall–Kier alpha value is -2.53. The van der Waals surface area contributed by atoms with Gasteiger partial charge in [0.15, 0.2) is 0 Å². The number of carbonyl (C=O) groups excluding carboxylic acids is 1. The number of ether oxygens (including phenoxy) is 2. The molecule has 1 amide bonds. The first-order chi connectivity index (χ1) is 10.1. The van der Waals surface area contributed by atoms with Gasteiger partial charge in [-0.25, -0.2) is 0 Å². The second-order valence-electron chi connectivity index (χ2n) is 4.63. The molecule has 0 radical (unpaired) electrons. The summed E-state index contributed by atoms with van der Waals surface area (Å²) in [4.78, 5) is 10.9. The molecule has 0 saturated heterocycles. The summed E-state index contributed by atoms with van der Waals surface area (Å²) in [6, 6.07) is 14.1. The van der Waals surface area contributed by atoms with Crippen LogP contribution >= 0.6 is 0 Å². The van der Waals surface area contributed by atoms with Gasteiger partial charge in [-0.15, -0.1) is 0 Å². The first-order valence-corrected chi connectivity index (χ1v) is 6.54. The van der Waals surface area contributed by atoms with E-state index in [0.29, 0.717) is 11.5 Å². The van der Waals surface area contributed by atoms with Crippen LogP contribution in [0, 0.1) is 0 Å². The number of amides is 1. The van der Waals surface area contributed by atoms with E-state index in [1.807, 2.05) is 42.5 Å². The molecule has 2 aromatic rings. The predicted octanol–water partition coefficient (Wildman–Crippen LogP) is 2.36. The maximum Gasteiger partial charge on any atom is 0.219 e. The van der Waals surface area contributed by atoms with Gasteiger partial charge in [0.25, 0.3) is 0 Å². The lowest BCUT2D eigenvalue weighted by molar-refractivity contribution is -0.118. The van der Waals surface area contributed by atoms with Crippen LogP contribution in [0.1, 0.15) is 18.0 Å². The Labute approximate surface area is 123 Å². The van der Waals surface area contributed by atoms with Crippen molar-refractivity contribution in [2.24, 2.45) is 11.5 Å². The second-order valence-corrected chi connectivity index (χ2v) is 4.63. The van der Waals surface area contributed by atoms with Crippen LogP contribution < -0.4 is 20.9 Å². The van der Waals surface area contributed by atoms with Gasteiger partial charge in [-0.1, -0.05) is 12.1 Å². The molecule has 0 aromatic heterocycles. The lowest BCUT2D eigenvalue weighted by Crippen LogP contribution is -2.20. The highest BCUT2D eigenvalue weighted by molar-refractivity contribution is 5.74. The van der Waals surface area contributed by atoms with E-state index in [9.17, 15) is 4.79 Å². The third kappa shape index (κ3) is 4.22. The van der Waals surface area contributed by atoms with Crippen LogP contribution in [0.2, 0.25) is 0 Å². The van der Waals surface area contributed by atoms with Gasteiger partial charge in [-0.2, -0.15) is 0 Å². The average molecular weight is 286 g/mol. The highest BCUT2D eigenvalue weighted by Crippen LogP contribution is 2.26. The van der Waals surface area contributed by atoms with Gasteiger partial charge >= 0.3 is 0 Å². The zero-order valence-electron chi connectivity index (χ0n) is 11.8. The molecule has 2 rings (SSSR count). The lowest BCUT2D eigenvalue weighted by atomic mass is 10.0. The Kier molecular flexibility index (Phi) is 4.79. The van der Waals surface area contributed by atoms with Crippen LogP contribution in [0.4, 0.5) is 0 Å². The van der Waals surface area contributed by atoms with E-state index in [-0.39, 0.29) is 6.42 Å². The highest BCUT2D eigenvalue weighted by Gasteiger charge is 2.10. The standard InChI is InChI=1S/C16H18N2O3/c1-20-12-5-7-13(8-6-12)21-14-4-2-3-11(9-14)15(17)10-16(18)19/h2-9,15H,10,17H2,1H3,(H2,18,19). The molecule has 2 aromatic carbocycles. The number of hydrogen-bond acceptors (Lipinski definition) is 4. The number of nitrogens with two attached hydrogens (primary N) is 2. The molecule has 4 N–H and O–H groups in total. The van der Waals surface area contributed by atoms with E-state index in [2.05, 4.69) is 0 Å². The third-order valence-electron chi connectivity index (χ3n) is 3.00. The summed E-state index contributed by atoms with van der Waals surface area (Å²) in [6.45, 7) is 0. The summed E-state index contributed by atoms with van der Waals surface area (Å²) < 4.78 is 10.8. The lowest BCUT2D eigenvalue weighted by Gasteiger charge is -2.12. The van der Waals surface area contributed by atoms with Crippen LogP contribution in [-0.4, -0.2) is 13.0 Å². The van der Waals surface area contributed by atoms with E-state index in [4.69, 9.17) is 20.9 Å². The Morgan fingerprint density at radius 2 is 1.76 bits per heavy atom. The summed E-state index contributed by atoms with van der Waals surface area (Å²) in [7, 11) is 1.61. The molecule has 0 heterocycles. The minimum atomic E-state index is -0.429. The minimum Gasteiger partial charge on any atom is -0.497 e. The molecule has 5 nitrogen and oxygen atoms in total. The Morgan fingerprint density at radius 3 is 2.38 bits per heavy atom. The number of rotatable bonds is 6. The molecular weight excluding hydrogens is 268 g/mol. The summed E-state index contributed by atoms with van der Waals surface area (Å²) in [5.74, 6) is 1.68. The minimum absolute atomic E-state index is 0.103. The largest absolute Gasteiger partial charge is 0.497 e. The van der Waals surface area contributed by atoms with E-state index in [1.54, 1.807) is 13.2 Å². The monoisotopic (exact) mass is 286 g/mol. The van der Waals surface area contributed by atoms with Gasteiger partial charge in [-0.3, -0.25) is 4.79 Å². The van der Waals surface area contributed by atoms with Crippen molar-refractivity contribution < 1.29 is 14.3 Å². The molecular formula is C16H18N2O3. The van der Waals surface area contributed by atoms with Gasteiger partial charge in [-0.05, 0) is 42.0 Å². The fraction of sp³-hybridized carbons (Fsp3) is 0.188. The second kappa shape index (κ2) is 6.76. The van der Waals surface area contributed by atoms with Crippen LogP contribution in [0.3, 0.4) is 0 Å². The molecule has 110 valence electrons. The molecule has 1 atom stereocenters. The predicted molar refractivity (Wildman–Crippen MR) is 80.2 cm³/mol. The smallest absolute Gasteiger partial charge is 0.219 e. The van der Waals surface area contributed by atoms with Gasteiger partial charge in [0, 0.05) is 12.5 Å². The average Bonchev–Trinajstić information content (AvgIpc) is 2.47. The van der Waals surface area contributed by atoms with Crippen molar-refractivity contribution in [3.05, 3.63) is 54.1 Å². The van der Waals surface area contributed by atoms with Gasteiger partial charge in [0.2, 0.25) is 5.91 Å². The third-order valence-corrected chi connectivity index (χ3v) is 3.00. The Balaban J connectivity index is 2.11. The van der Waals surface area contributed by atoms with E-state index in [0.717, 1.165) is 11.3 Å². The van der Waals surface area contributed by atoms with Crippen molar-refractivity contribution in [3.8, 4) is 17.2 Å². The topological polar surface area (TPSA) is 87.6 Å². The number of carbonyl (C=O) groups is 1. The first-order valence-electron chi connectivity index (χ1n) is 6.54. The van der Waals surface area contributed by atoms with Crippen molar-refractivity contribution >= 4 is 5.91 Å². The molecule has 0 spiro atoms. The summed E-state index contributed by atoms with van der Waals surface area (Å²) in [5.41, 5.74) is 11.9. The van der Waals surface area contributed by atoms with Gasteiger partial charge in [0.1, 0.15) is 17.2 Å². The normalized spacial score (nSPS) is 11.7. The van der Waals surface area contributed by atoms with Gasteiger partial charge in [0.05, 0.1) is 7.11 Å². The zero-order valence-corrected chi connectivity index (χ0v) is 11.8. The van der Waals surface area contributed by atoms with Crippen molar-refractivity contribution in [2.75, 3.05) is 7.11 Å². The molecule has 0 aliphatic heterocycles. The first kappa shape index (κ1) is 14.9. The number of benzene rings is 2. The van der Waals surface area contributed by atoms with Crippen molar-refractivity contribution in [1.82, 2.24) is 0 Å². The van der Waals surface area contributed by atoms with Crippen LogP contribution in [0.15, 0.2) is 48.5 Å². The maximum absolute atomic E-state index is 10.9. The molecule has 0 aliphatic rings. The summed E-state index contributed by atoms with van der Waals surface area (Å²) in [6.07, 6.45) is 0.103. The van der Waals surface area contributed by atoms with E-state index in [1.165, 1.54) is 0 Å². The molecule has 0 bridgehead atoms. The molecule has 21 heavy (non-hydrogen) atoms. The zero-order chi connectivity index (χ0) is 15.2. The van der Waals surface area contributed by atoms with Crippen molar-refractivity contribution in [2.45, 2.75) is 12.5 Å². The van der Waals surface area contributed by atoms with Crippen molar-refractivity contribution in [3.63, 3.8) is 0 Å². The fourth-order valence-corrected chi connectivity index (χ4v) is 1.92. The van der Waals surface area contributed by atoms with Crippen molar-refractivity contribution in [1.29, 1.82) is 0 Å². The maximum atomic E-state index is 10.9. The molecule has 0 saturated carbocycles.